The predicted octanol–water partition coefficient (Wildman–Crippen LogP) is 3.46. The number of imidazole rings is 1. The third-order valence-corrected chi connectivity index (χ3v) is 5.29. The number of hydrogen-bond donors (Lipinski definition) is 3. The summed E-state index contributed by atoms with van der Waals surface area (Å²) in [4.78, 5) is 12.6. The van der Waals surface area contributed by atoms with Crippen LogP contribution in [0.4, 0.5) is 0 Å². The Morgan fingerprint density at radius 2 is 2.24 bits per heavy atom. The van der Waals surface area contributed by atoms with Gasteiger partial charge in [-0.2, -0.15) is 0 Å². The minimum absolute atomic E-state index is 0.335. The van der Waals surface area contributed by atoms with Gasteiger partial charge in [-0.05, 0) is 56.7 Å². The standard InChI is InChI=1S/C20H31N5/c1-2-6-16(20-23-13-14-24-20)17(10-4-11-21)25-18-9-3-7-15-8-5-12-22-19(15)18/h5,8,12-14,16-18,25H,2-4,6-7,9-11,21H2,1H3,(H,23,24). The van der Waals surface area contributed by atoms with E-state index < -0.39 is 0 Å². The lowest BCUT2D eigenvalue weighted by atomic mass is 9.87. The Morgan fingerprint density at radius 3 is 3.00 bits per heavy atom. The molecule has 5 heteroatoms. The van der Waals surface area contributed by atoms with Crippen LogP contribution in [0.1, 0.15) is 74.5 Å². The number of H-pyrrole nitrogens is 1. The first-order valence-electron chi connectivity index (χ1n) is 9.72. The van der Waals surface area contributed by atoms with Gasteiger partial charge in [0.2, 0.25) is 0 Å². The third-order valence-electron chi connectivity index (χ3n) is 5.29. The van der Waals surface area contributed by atoms with Gasteiger partial charge in [0.25, 0.3) is 0 Å². The van der Waals surface area contributed by atoms with Gasteiger partial charge >= 0.3 is 0 Å². The first-order chi connectivity index (χ1) is 12.3. The van der Waals surface area contributed by atoms with Gasteiger partial charge in [0.15, 0.2) is 0 Å². The summed E-state index contributed by atoms with van der Waals surface area (Å²) in [6, 6.07) is 4.98. The van der Waals surface area contributed by atoms with E-state index in [9.17, 15) is 0 Å². The van der Waals surface area contributed by atoms with Crippen molar-refractivity contribution in [3.63, 3.8) is 0 Å². The van der Waals surface area contributed by atoms with E-state index in [2.05, 4.69) is 34.3 Å². The number of nitrogens with zero attached hydrogens (tertiary/aromatic N) is 2. The fourth-order valence-corrected chi connectivity index (χ4v) is 4.09. The number of aryl methyl sites for hydroxylation is 1. The molecule has 0 bridgehead atoms. The van der Waals surface area contributed by atoms with Crippen LogP contribution < -0.4 is 11.1 Å². The van der Waals surface area contributed by atoms with Crippen molar-refractivity contribution in [2.45, 2.75) is 69.9 Å². The van der Waals surface area contributed by atoms with E-state index in [0.29, 0.717) is 18.0 Å². The smallest absolute Gasteiger partial charge is 0.110 e. The van der Waals surface area contributed by atoms with Crippen molar-refractivity contribution < 1.29 is 0 Å². The summed E-state index contributed by atoms with van der Waals surface area (Å²) >= 11 is 0. The Hall–Kier alpha value is -1.72. The topological polar surface area (TPSA) is 79.6 Å². The van der Waals surface area contributed by atoms with Crippen LogP contribution in [0.3, 0.4) is 0 Å². The summed E-state index contributed by atoms with van der Waals surface area (Å²) in [5, 5.41) is 3.94. The molecule has 0 aliphatic heterocycles. The molecule has 0 aromatic carbocycles. The second kappa shape index (κ2) is 9.11. The largest absolute Gasteiger partial charge is 0.348 e. The van der Waals surface area contributed by atoms with Crippen molar-refractivity contribution >= 4 is 0 Å². The lowest BCUT2D eigenvalue weighted by Crippen LogP contribution is -2.40. The molecule has 136 valence electrons. The second-order valence-electron chi connectivity index (χ2n) is 7.07. The number of pyridine rings is 1. The second-order valence-corrected chi connectivity index (χ2v) is 7.07. The van der Waals surface area contributed by atoms with Crippen molar-refractivity contribution in [3.05, 3.63) is 47.8 Å². The molecule has 4 N–H and O–H groups in total. The number of fused-ring (bicyclic) bond motifs is 1. The summed E-state index contributed by atoms with van der Waals surface area (Å²) in [5.41, 5.74) is 8.45. The Bertz CT molecular complexity index is 625. The molecule has 1 aliphatic carbocycles. The SMILES string of the molecule is CCCC(c1ncc[nH]1)C(CCCN)NC1CCCc2cccnc21. The molecule has 3 atom stereocenters. The van der Waals surface area contributed by atoms with Gasteiger partial charge < -0.3 is 16.0 Å². The maximum absolute atomic E-state index is 5.82. The minimum Gasteiger partial charge on any atom is -0.348 e. The maximum atomic E-state index is 5.82. The molecule has 3 unspecified atom stereocenters. The van der Waals surface area contributed by atoms with Crippen LogP contribution in [0.2, 0.25) is 0 Å². The molecule has 0 spiro atoms. The highest BCUT2D eigenvalue weighted by atomic mass is 15.0. The van der Waals surface area contributed by atoms with Gasteiger partial charge in [-0.15, -0.1) is 0 Å². The number of hydrogen-bond acceptors (Lipinski definition) is 4. The molecule has 5 nitrogen and oxygen atoms in total. The Morgan fingerprint density at radius 1 is 1.32 bits per heavy atom. The highest BCUT2D eigenvalue weighted by molar-refractivity contribution is 5.25. The molecule has 0 fully saturated rings. The van der Waals surface area contributed by atoms with Crippen LogP contribution in [0.25, 0.3) is 0 Å². The zero-order valence-electron chi connectivity index (χ0n) is 15.2. The maximum Gasteiger partial charge on any atom is 0.110 e. The van der Waals surface area contributed by atoms with Crippen molar-refractivity contribution in [1.29, 1.82) is 0 Å². The molecule has 3 rings (SSSR count). The fraction of sp³-hybridized carbons (Fsp3) is 0.600. The van der Waals surface area contributed by atoms with Gasteiger partial charge in [-0.3, -0.25) is 4.98 Å². The highest BCUT2D eigenvalue weighted by Gasteiger charge is 2.29. The summed E-state index contributed by atoms with van der Waals surface area (Å²) in [6.45, 7) is 2.97. The van der Waals surface area contributed by atoms with E-state index in [4.69, 9.17) is 10.7 Å². The van der Waals surface area contributed by atoms with E-state index in [-0.39, 0.29) is 0 Å². The van der Waals surface area contributed by atoms with Gasteiger partial charge in [0, 0.05) is 36.6 Å². The van der Waals surface area contributed by atoms with Gasteiger partial charge in [-0.1, -0.05) is 19.4 Å². The van der Waals surface area contributed by atoms with Crippen LogP contribution >= 0.6 is 0 Å². The van der Waals surface area contributed by atoms with Crippen LogP contribution in [-0.2, 0) is 6.42 Å². The zero-order chi connectivity index (χ0) is 17.5. The van der Waals surface area contributed by atoms with Crippen LogP contribution in [0, 0.1) is 0 Å². The van der Waals surface area contributed by atoms with Crippen molar-refractivity contribution in [1.82, 2.24) is 20.3 Å². The molecule has 2 aromatic rings. The Balaban J connectivity index is 1.81. The molecular weight excluding hydrogens is 310 g/mol. The summed E-state index contributed by atoms with van der Waals surface area (Å²) < 4.78 is 0. The van der Waals surface area contributed by atoms with E-state index in [1.807, 2.05) is 18.6 Å². The number of aromatic nitrogens is 3. The number of nitrogens with one attached hydrogen (secondary N) is 2. The minimum atomic E-state index is 0.335. The first kappa shape index (κ1) is 18.1. The zero-order valence-corrected chi connectivity index (χ0v) is 15.2. The molecule has 0 saturated carbocycles. The van der Waals surface area contributed by atoms with Gasteiger partial charge in [0.05, 0.1) is 5.69 Å². The van der Waals surface area contributed by atoms with E-state index >= 15 is 0 Å². The van der Waals surface area contributed by atoms with Crippen LogP contribution in [0.5, 0.6) is 0 Å². The Kier molecular flexibility index (Phi) is 6.59. The van der Waals surface area contributed by atoms with Crippen molar-refractivity contribution in [2.75, 3.05) is 6.54 Å². The molecule has 0 saturated heterocycles. The van der Waals surface area contributed by atoms with Crippen LogP contribution in [-0.4, -0.2) is 27.5 Å². The first-order valence-corrected chi connectivity index (χ1v) is 9.72. The fourth-order valence-electron chi connectivity index (χ4n) is 4.09. The lowest BCUT2D eigenvalue weighted by Gasteiger charge is -2.33. The van der Waals surface area contributed by atoms with Gasteiger partial charge in [-0.25, -0.2) is 4.98 Å². The summed E-state index contributed by atoms with van der Waals surface area (Å²) in [7, 11) is 0. The summed E-state index contributed by atoms with van der Waals surface area (Å²) in [6.07, 6.45) is 13.6. The predicted molar refractivity (Wildman–Crippen MR) is 101 cm³/mol. The quantitative estimate of drug-likeness (QED) is 0.652. The molecule has 0 radical (unpaired) electrons. The molecule has 25 heavy (non-hydrogen) atoms. The monoisotopic (exact) mass is 341 g/mol. The average Bonchev–Trinajstić information content (AvgIpc) is 3.18. The van der Waals surface area contributed by atoms with E-state index in [1.165, 1.54) is 17.7 Å². The highest BCUT2D eigenvalue weighted by Crippen LogP contribution is 2.32. The van der Waals surface area contributed by atoms with E-state index in [0.717, 1.165) is 50.9 Å². The van der Waals surface area contributed by atoms with E-state index in [1.54, 1.807) is 0 Å². The third kappa shape index (κ3) is 4.47. The molecule has 0 amide bonds. The number of aromatic amines is 1. The molecule has 2 aromatic heterocycles. The molecule has 1 aliphatic rings. The lowest BCUT2D eigenvalue weighted by molar-refractivity contribution is 0.314. The number of nitrogens with two attached hydrogens (primary N) is 1. The van der Waals surface area contributed by atoms with Crippen LogP contribution in [0.15, 0.2) is 30.7 Å². The normalized spacial score (nSPS) is 19.4. The average molecular weight is 342 g/mol. The molecule has 2 heterocycles. The molecular formula is C20H31N5. The van der Waals surface area contributed by atoms with Crippen molar-refractivity contribution in [2.24, 2.45) is 5.73 Å². The number of rotatable bonds is 9. The Labute approximate surface area is 150 Å². The van der Waals surface area contributed by atoms with Crippen molar-refractivity contribution in [3.8, 4) is 0 Å². The van der Waals surface area contributed by atoms with Gasteiger partial charge in [0.1, 0.15) is 5.82 Å². The summed E-state index contributed by atoms with van der Waals surface area (Å²) in [5.74, 6) is 1.48.